The van der Waals surface area contributed by atoms with Gasteiger partial charge < -0.3 is 15.5 Å². The number of benzene rings is 1. The van der Waals surface area contributed by atoms with E-state index in [-0.39, 0.29) is 0 Å². The lowest BCUT2D eigenvalue weighted by atomic mass is 10.0. The van der Waals surface area contributed by atoms with Crippen LogP contribution in [0.1, 0.15) is 31.7 Å². The highest BCUT2D eigenvalue weighted by molar-refractivity contribution is 7.80. The Hall–Kier alpha value is -2.14. The number of piperidine rings is 1. The predicted octanol–water partition coefficient (Wildman–Crippen LogP) is 3.95. The molecule has 1 aliphatic rings. The Morgan fingerprint density at radius 2 is 2.04 bits per heavy atom. The molecule has 0 saturated carbocycles. The SMILES string of the molecule is CC1CCCCN1c1ccc(NC(=S)NCc2ccccc2)cn1. The summed E-state index contributed by atoms with van der Waals surface area (Å²) in [6.45, 7) is 4.08. The Labute approximate surface area is 149 Å². The van der Waals surface area contributed by atoms with Crippen molar-refractivity contribution in [1.82, 2.24) is 10.3 Å². The second-order valence-electron chi connectivity index (χ2n) is 6.24. The first-order valence-corrected chi connectivity index (χ1v) is 8.94. The van der Waals surface area contributed by atoms with Gasteiger partial charge in [0.2, 0.25) is 0 Å². The number of nitrogens with one attached hydrogen (secondary N) is 2. The number of aromatic nitrogens is 1. The highest BCUT2D eigenvalue weighted by Crippen LogP contribution is 2.23. The lowest BCUT2D eigenvalue weighted by molar-refractivity contribution is 0.481. The molecule has 0 bridgehead atoms. The number of pyridine rings is 1. The number of thiocarbonyl (C=S) groups is 1. The minimum atomic E-state index is 0.568. The van der Waals surface area contributed by atoms with Crippen LogP contribution >= 0.6 is 12.2 Å². The lowest BCUT2D eigenvalue weighted by Gasteiger charge is -2.34. The first kappa shape index (κ1) is 16.7. The molecule has 2 heterocycles. The van der Waals surface area contributed by atoms with Gasteiger partial charge in [-0.05, 0) is 56.1 Å². The van der Waals surface area contributed by atoms with Crippen LogP contribution in [0, 0.1) is 0 Å². The molecule has 1 saturated heterocycles. The Morgan fingerprint density at radius 3 is 2.75 bits per heavy atom. The molecule has 4 nitrogen and oxygen atoms in total. The second-order valence-corrected chi connectivity index (χ2v) is 6.64. The van der Waals surface area contributed by atoms with Gasteiger partial charge in [-0.15, -0.1) is 0 Å². The van der Waals surface area contributed by atoms with Gasteiger partial charge in [0.25, 0.3) is 0 Å². The Kier molecular flexibility index (Phi) is 5.64. The van der Waals surface area contributed by atoms with Crippen molar-refractivity contribution in [1.29, 1.82) is 0 Å². The average molecular weight is 340 g/mol. The molecule has 3 rings (SSSR count). The molecule has 1 unspecified atom stereocenters. The van der Waals surface area contributed by atoms with Crippen molar-refractivity contribution in [3.05, 3.63) is 54.2 Å². The van der Waals surface area contributed by atoms with E-state index in [1.165, 1.54) is 24.8 Å². The standard InChI is InChI=1S/C19H24N4S/c1-15-7-5-6-12-23(15)18-11-10-17(14-20-18)22-19(24)21-13-16-8-3-2-4-9-16/h2-4,8-11,14-15H,5-7,12-13H2,1H3,(H2,21,22,24). The van der Waals surface area contributed by atoms with E-state index in [1.54, 1.807) is 0 Å². The summed E-state index contributed by atoms with van der Waals surface area (Å²) in [6.07, 6.45) is 5.67. The monoisotopic (exact) mass is 340 g/mol. The Bertz CT molecular complexity index is 657. The van der Waals surface area contributed by atoms with E-state index in [0.717, 1.165) is 18.1 Å². The van der Waals surface area contributed by atoms with Crippen LogP contribution in [0.2, 0.25) is 0 Å². The van der Waals surface area contributed by atoms with Gasteiger partial charge >= 0.3 is 0 Å². The molecule has 2 N–H and O–H groups in total. The highest BCUT2D eigenvalue weighted by atomic mass is 32.1. The molecule has 2 aromatic rings. The zero-order valence-corrected chi connectivity index (χ0v) is 14.9. The summed E-state index contributed by atoms with van der Waals surface area (Å²) in [7, 11) is 0. The van der Waals surface area contributed by atoms with E-state index in [0.29, 0.717) is 17.7 Å². The van der Waals surface area contributed by atoms with Crippen molar-refractivity contribution < 1.29 is 0 Å². The summed E-state index contributed by atoms with van der Waals surface area (Å²) in [5.74, 6) is 1.05. The van der Waals surface area contributed by atoms with E-state index in [4.69, 9.17) is 12.2 Å². The summed E-state index contributed by atoms with van der Waals surface area (Å²) >= 11 is 5.35. The van der Waals surface area contributed by atoms with Gasteiger partial charge in [-0.3, -0.25) is 0 Å². The summed E-state index contributed by atoms with van der Waals surface area (Å²) in [4.78, 5) is 6.99. The van der Waals surface area contributed by atoms with Gasteiger partial charge in [-0.2, -0.15) is 0 Å². The van der Waals surface area contributed by atoms with Crippen molar-refractivity contribution in [2.45, 2.75) is 38.8 Å². The molecule has 0 amide bonds. The number of anilines is 2. The van der Waals surface area contributed by atoms with Crippen LogP contribution < -0.4 is 15.5 Å². The first-order valence-electron chi connectivity index (χ1n) is 8.54. The number of nitrogens with zero attached hydrogens (tertiary/aromatic N) is 2. The number of rotatable bonds is 4. The Balaban J connectivity index is 1.53. The highest BCUT2D eigenvalue weighted by Gasteiger charge is 2.19. The summed E-state index contributed by atoms with van der Waals surface area (Å²) in [6, 6.07) is 14.9. The third-order valence-corrected chi connectivity index (χ3v) is 4.65. The largest absolute Gasteiger partial charge is 0.358 e. The topological polar surface area (TPSA) is 40.2 Å². The van der Waals surface area contributed by atoms with Gasteiger partial charge in [0.05, 0.1) is 11.9 Å². The first-order chi connectivity index (χ1) is 11.7. The van der Waals surface area contributed by atoms with E-state index < -0.39 is 0 Å². The van der Waals surface area contributed by atoms with E-state index in [2.05, 4.69) is 45.6 Å². The molecular formula is C19H24N4S. The molecule has 1 aromatic carbocycles. The van der Waals surface area contributed by atoms with Crippen LogP contribution in [-0.4, -0.2) is 22.7 Å². The fraction of sp³-hybridized carbons (Fsp3) is 0.368. The fourth-order valence-electron chi connectivity index (χ4n) is 3.02. The molecule has 0 aliphatic carbocycles. The minimum absolute atomic E-state index is 0.568. The van der Waals surface area contributed by atoms with Crippen molar-refractivity contribution in [2.24, 2.45) is 0 Å². The normalized spacial score (nSPS) is 17.4. The predicted molar refractivity (Wildman–Crippen MR) is 104 cm³/mol. The maximum atomic E-state index is 5.35. The molecule has 126 valence electrons. The van der Waals surface area contributed by atoms with Gasteiger partial charge in [0.1, 0.15) is 5.82 Å². The molecule has 1 aromatic heterocycles. The van der Waals surface area contributed by atoms with Crippen LogP contribution in [-0.2, 0) is 6.54 Å². The third kappa shape index (κ3) is 4.45. The van der Waals surface area contributed by atoms with Crippen LogP contribution in [0.15, 0.2) is 48.7 Å². The fourth-order valence-corrected chi connectivity index (χ4v) is 3.21. The van der Waals surface area contributed by atoms with Gasteiger partial charge in [0.15, 0.2) is 5.11 Å². The van der Waals surface area contributed by atoms with Crippen LogP contribution in [0.5, 0.6) is 0 Å². The number of hydrogen-bond acceptors (Lipinski definition) is 3. The molecule has 1 atom stereocenters. The van der Waals surface area contributed by atoms with Crippen LogP contribution in [0.3, 0.4) is 0 Å². The van der Waals surface area contributed by atoms with Gasteiger partial charge in [-0.25, -0.2) is 4.98 Å². The van der Waals surface area contributed by atoms with Crippen molar-refractivity contribution in [3.63, 3.8) is 0 Å². The summed E-state index contributed by atoms with van der Waals surface area (Å²) in [5, 5.41) is 7.02. The molecule has 24 heavy (non-hydrogen) atoms. The molecule has 0 spiro atoms. The van der Waals surface area contributed by atoms with E-state index >= 15 is 0 Å². The summed E-state index contributed by atoms with van der Waals surface area (Å²) < 4.78 is 0. The minimum Gasteiger partial charge on any atom is -0.358 e. The van der Waals surface area contributed by atoms with E-state index in [9.17, 15) is 0 Å². The molecular weight excluding hydrogens is 316 g/mol. The average Bonchev–Trinajstić information content (AvgIpc) is 2.62. The maximum Gasteiger partial charge on any atom is 0.171 e. The van der Waals surface area contributed by atoms with E-state index in [1.807, 2.05) is 30.5 Å². The van der Waals surface area contributed by atoms with Crippen molar-refractivity contribution >= 4 is 28.8 Å². The van der Waals surface area contributed by atoms with Crippen molar-refractivity contribution in [3.8, 4) is 0 Å². The summed E-state index contributed by atoms with van der Waals surface area (Å²) in [5.41, 5.74) is 2.11. The molecule has 1 fully saturated rings. The number of hydrogen-bond donors (Lipinski definition) is 2. The third-order valence-electron chi connectivity index (χ3n) is 4.40. The van der Waals surface area contributed by atoms with Crippen LogP contribution in [0.4, 0.5) is 11.5 Å². The smallest absolute Gasteiger partial charge is 0.171 e. The molecule has 5 heteroatoms. The van der Waals surface area contributed by atoms with Crippen molar-refractivity contribution in [2.75, 3.05) is 16.8 Å². The molecule has 0 radical (unpaired) electrons. The zero-order valence-electron chi connectivity index (χ0n) is 14.0. The second kappa shape index (κ2) is 8.11. The Morgan fingerprint density at radius 1 is 1.21 bits per heavy atom. The van der Waals surface area contributed by atoms with Crippen LogP contribution in [0.25, 0.3) is 0 Å². The maximum absolute atomic E-state index is 5.35. The zero-order chi connectivity index (χ0) is 16.8. The van der Waals surface area contributed by atoms with Gasteiger partial charge in [0, 0.05) is 19.1 Å². The quantitative estimate of drug-likeness (QED) is 0.825. The molecule has 1 aliphatic heterocycles. The van der Waals surface area contributed by atoms with Gasteiger partial charge in [-0.1, -0.05) is 30.3 Å². The lowest BCUT2D eigenvalue weighted by Crippen LogP contribution is -2.37.